The molecule has 0 bridgehead atoms. The van der Waals surface area contributed by atoms with E-state index in [1.807, 2.05) is 12.1 Å². The summed E-state index contributed by atoms with van der Waals surface area (Å²) in [5.41, 5.74) is 1.82. The molecule has 0 amide bonds. The third-order valence-corrected chi connectivity index (χ3v) is 4.17. The zero-order chi connectivity index (χ0) is 13.8. The largest absolute Gasteiger partial charge is 0.496 e. The highest BCUT2D eigenvalue weighted by atomic mass is 16.5. The molecule has 1 saturated heterocycles. The molecule has 2 rings (SSSR count). The first-order valence-corrected chi connectivity index (χ1v) is 7.03. The monoisotopic (exact) mass is 261 g/mol. The average molecular weight is 261 g/mol. The zero-order valence-corrected chi connectivity index (χ0v) is 12.1. The van der Waals surface area contributed by atoms with Gasteiger partial charge in [0, 0.05) is 29.8 Å². The van der Waals surface area contributed by atoms with Gasteiger partial charge in [0.2, 0.25) is 0 Å². The molecule has 1 aromatic carbocycles. The van der Waals surface area contributed by atoms with Crippen LogP contribution in [0.1, 0.15) is 49.0 Å². The van der Waals surface area contributed by atoms with Crippen LogP contribution in [0.3, 0.4) is 0 Å². The maximum atomic E-state index is 10.9. The Kier molecular flexibility index (Phi) is 4.59. The van der Waals surface area contributed by atoms with Gasteiger partial charge in [0.15, 0.2) is 0 Å². The number of benzene rings is 1. The molecular formula is C16H23NO2. The van der Waals surface area contributed by atoms with Crippen molar-refractivity contribution in [3.05, 3.63) is 29.3 Å². The summed E-state index contributed by atoms with van der Waals surface area (Å²) >= 11 is 0. The fourth-order valence-corrected chi connectivity index (χ4v) is 2.98. The number of ether oxygens (including phenoxy) is 1. The molecule has 104 valence electrons. The molecule has 1 fully saturated rings. The molecule has 2 atom stereocenters. The predicted molar refractivity (Wildman–Crippen MR) is 76.7 cm³/mol. The van der Waals surface area contributed by atoms with E-state index in [0.29, 0.717) is 17.6 Å². The predicted octanol–water partition coefficient (Wildman–Crippen LogP) is 3.27. The Labute approximate surface area is 115 Å². The van der Waals surface area contributed by atoms with Gasteiger partial charge in [-0.25, -0.2) is 0 Å². The molecule has 2 unspecified atom stereocenters. The van der Waals surface area contributed by atoms with E-state index in [4.69, 9.17) is 4.74 Å². The van der Waals surface area contributed by atoms with Crippen molar-refractivity contribution in [3.8, 4) is 5.75 Å². The van der Waals surface area contributed by atoms with Gasteiger partial charge in [0.05, 0.1) is 7.11 Å². The highest BCUT2D eigenvalue weighted by molar-refractivity contribution is 5.75. The first-order chi connectivity index (χ1) is 9.15. The van der Waals surface area contributed by atoms with E-state index >= 15 is 0 Å². The summed E-state index contributed by atoms with van der Waals surface area (Å²) in [6.07, 6.45) is 4.70. The van der Waals surface area contributed by atoms with Crippen LogP contribution in [0, 0.1) is 0 Å². The Morgan fingerprint density at radius 1 is 1.32 bits per heavy atom. The standard InChI is InChI=1S/C16H23NO2/c1-12-5-4-6-13(2)17(12)10-15-9-14(11-18)7-8-16(15)19-3/h7-9,11-13H,4-6,10H2,1-3H3. The molecular weight excluding hydrogens is 238 g/mol. The van der Waals surface area contributed by atoms with E-state index in [2.05, 4.69) is 18.7 Å². The molecule has 3 heteroatoms. The van der Waals surface area contributed by atoms with Gasteiger partial charge < -0.3 is 4.74 Å². The molecule has 0 spiro atoms. The van der Waals surface area contributed by atoms with Crippen LogP contribution in [-0.2, 0) is 6.54 Å². The second kappa shape index (κ2) is 6.20. The van der Waals surface area contributed by atoms with Gasteiger partial charge >= 0.3 is 0 Å². The van der Waals surface area contributed by atoms with E-state index in [1.54, 1.807) is 13.2 Å². The number of nitrogens with zero attached hydrogens (tertiary/aromatic N) is 1. The zero-order valence-electron chi connectivity index (χ0n) is 12.1. The number of hydrogen-bond donors (Lipinski definition) is 0. The van der Waals surface area contributed by atoms with Crippen molar-refractivity contribution >= 4 is 6.29 Å². The van der Waals surface area contributed by atoms with E-state index in [-0.39, 0.29) is 0 Å². The average Bonchev–Trinajstić information content (AvgIpc) is 2.42. The van der Waals surface area contributed by atoms with Gasteiger partial charge in [-0.05, 0) is 44.9 Å². The van der Waals surface area contributed by atoms with Crippen LogP contribution < -0.4 is 4.74 Å². The van der Waals surface area contributed by atoms with Gasteiger partial charge in [-0.15, -0.1) is 0 Å². The number of methoxy groups -OCH3 is 1. The van der Waals surface area contributed by atoms with Gasteiger partial charge in [0.25, 0.3) is 0 Å². The maximum Gasteiger partial charge on any atom is 0.150 e. The second-order valence-electron chi connectivity index (χ2n) is 5.49. The molecule has 0 aliphatic carbocycles. The minimum absolute atomic E-state index is 0.591. The van der Waals surface area contributed by atoms with Crippen molar-refractivity contribution in [2.45, 2.75) is 51.7 Å². The van der Waals surface area contributed by atoms with E-state index in [0.717, 1.165) is 24.1 Å². The summed E-state index contributed by atoms with van der Waals surface area (Å²) in [5.74, 6) is 0.871. The maximum absolute atomic E-state index is 10.9. The fourth-order valence-electron chi connectivity index (χ4n) is 2.98. The molecule has 19 heavy (non-hydrogen) atoms. The van der Waals surface area contributed by atoms with E-state index in [1.165, 1.54) is 19.3 Å². The topological polar surface area (TPSA) is 29.5 Å². The Bertz CT molecular complexity index is 434. The number of carbonyl (C=O) groups excluding carboxylic acids is 1. The molecule has 1 aromatic rings. The summed E-state index contributed by atoms with van der Waals surface area (Å²) in [5, 5.41) is 0. The van der Waals surface area contributed by atoms with Crippen LogP contribution in [0.5, 0.6) is 5.75 Å². The summed E-state index contributed by atoms with van der Waals surface area (Å²) in [6, 6.07) is 6.82. The molecule has 1 aliphatic heterocycles. The number of carbonyl (C=O) groups is 1. The smallest absolute Gasteiger partial charge is 0.150 e. The second-order valence-corrected chi connectivity index (χ2v) is 5.49. The molecule has 0 saturated carbocycles. The summed E-state index contributed by atoms with van der Waals surface area (Å²) < 4.78 is 5.41. The minimum atomic E-state index is 0.591. The van der Waals surface area contributed by atoms with Crippen LogP contribution in [0.25, 0.3) is 0 Å². The van der Waals surface area contributed by atoms with E-state index < -0.39 is 0 Å². The number of aldehydes is 1. The van der Waals surface area contributed by atoms with Crippen LogP contribution in [-0.4, -0.2) is 30.4 Å². The van der Waals surface area contributed by atoms with Gasteiger partial charge in [-0.1, -0.05) is 6.42 Å². The Hall–Kier alpha value is -1.35. The van der Waals surface area contributed by atoms with Crippen molar-refractivity contribution in [1.29, 1.82) is 0 Å². The Balaban J connectivity index is 2.23. The van der Waals surface area contributed by atoms with Crippen molar-refractivity contribution in [1.82, 2.24) is 4.90 Å². The van der Waals surface area contributed by atoms with Crippen molar-refractivity contribution in [2.24, 2.45) is 0 Å². The van der Waals surface area contributed by atoms with Gasteiger partial charge in [-0.3, -0.25) is 9.69 Å². The third-order valence-electron chi connectivity index (χ3n) is 4.17. The summed E-state index contributed by atoms with van der Waals surface area (Å²) in [6.45, 7) is 5.42. The minimum Gasteiger partial charge on any atom is -0.496 e. The lowest BCUT2D eigenvalue weighted by atomic mass is 9.96. The first kappa shape index (κ1) is 14.1. The molecule has 0 radical (unpaired) electrons. The quantitative estimate of drug-likeness (QED) is 0.779. The summed E-state index contributed by atoms with van der Waals surface area (Å²) in [7, 11) is 1.68. The lowest BCUT2D eigenvalue weighted by molar-refractivity contribution is 0.0942. The van der Waals surface area contributed by atoms with Gasteiger partial charge in [0.1, 0.15) is 12.0 Å². The number of likely N-dealkylation sites (tertiary alicyclic amines) is 1. The van der Waals surface area contributed by atoms with Crippen LogP contribution in [0.2, 0.25) is 0 Å². The van der Waals surface area contributed by atoms with Crippen LogP contribution in [0.15, 0.2) is 18.2 Å². The lowest BCUT2D eigenvalue weighted by Gasteiger charge is -2.39. The number of rotatable bonds is 4. The van der Waals surface area contributed by atoms with Crippen molar-refractivity contribution in [2.75, 3.05) is 7.11 Å². The first-order valence-electron chi connectivity index (χ1n) is 7.03. The number of piperidine rings is 1. The normalized spacial score (nSPS) is 24.2. The SMILES string of the molecule is COc1ccc(C=O)cc1CN1C(C)CCCC1C. The van der Waals surface area contributed by atoms with Crippen molar-refractivity contribution < 1.29 is 9.53 Å². The molecule has 0 aromatic heterocycles. The molecule has 1 aliphatic rings. The van der Waals surface area contributed by atoms with E-state index in [9.17, 15) is 4.79 Å². The summed E-state index contributed by atoms with van der Waals surface area (Å²) in [4.78, 5) is 13.4. The lowest BCUT2D eigenvalue weighted by Crippen LogP contribution is -2.43. The molecule has 0 N–H and O–H groups in total. The molecule has 1 heterocycles. The number of hydrogen-bond acceptors (Lipinski definition) is 3. The molecule has 3 nitrogen and oxygen atoms in total. The Morgan fingerprint density at radius 2 is 2.00 bits per heavy atom. The Morgan fingerprint density at radius 3 is 2.58 bits per heavy atom. The fraction of sp³-hybridized carbons (Fsp3) is 0.562. The van der Waals surface area contributed by atoms with Crippen LogP contribution in [0.4, 0.5) is 0 Å². The van der Waals surface area contributed by atoms with Gasteiger partial charge in [-0.2, -0.15) is 0 Å². The van der Waals surface area contributed by atoms with Crippen molar-refractivity contribution in [3.63, 3.8) is 0 Å². The van der Waals surface area contributed by atoms with Crippen LogP contribution >= 0.6 is 0 Å². The highest BCUT2D eigenvalue weighted by Crippen LogP contribution is 2.28. The highest BCUT2D eigenvalue weighted by Gasteiger charge is 2.25. The third kappa shape index (κ3) is 3.16.